The number of nitro groups is 1. The van der Waals surface area contributed by atoms with Crippen molar-refractivity contribution in [3.63, 3.8) is 0 Å². The first-order valence-electron chi connectivity index (χ1n) is 7.07. The van der Waals surface area contributed by atoms with Gasteiger partial charge in [0.2, 0.25) is 6.41 Å². The Morgan fingerprint density at radius 3 is 2.48 bits per heavy atom. The van der Waals surface area contributed by atoms with Gasteiger partial charge in [-0.05, 0) is 6.07 Å². The number of Topliss-reactive ketones (excluding diaryl/α,β-unsaturated/α-hetero) is 1. The molecule has 1 aromatic carbocycles. The Morgan fingerprint density at radius 1 is 1.17 bits per heavy atom. The summed E-state index contributed by atoms with van der Waals surface area (Å²) in [6.07, 6.45) is 0.788. The van der Waals surface area contributed by atoms with E-state index in [1.54, 1.807) is 4.90 Å². The van der Waals surface area contributed by atoms with Crippen LogP contribution in [0.3, 0.4) is 0 Å². The van der Waals surface area contributed by atoms with Gasteiger partial charge in [0.15, 0.2) is 0 Å². The van der Waals surface area contributed by atoms with Gasteiger partial charge in [0.1, 0.15) is 0 Å². The first kappa shape index (κ1) is 15.1. The number of amides is 2. The van der Waals surface area contributed by atoms with E-state index in [1.165, 1.54) is 17.0 Å². The van der Waals surface area contributed by atoms with E-state index in [9.17, 15) is 24.5 Å². The maximum Gasteiger partial charge on any atom is 0.300 e. The highest BCUT2D eigenvalue weighted by Gasteiger charge is 2.38. The molecule has 120 valence electrons. The zero-order valence-electron chi connectivity index (χ0n) is 12.2. The number of non-ortho nitro benzene ring substituents is 1. The van der Waals surface area contributed by atoms with E-state index in [4.69, 9.17) is 0 Å². The Morgan fingerprint density at radius 2 is 1.87 bits per heavy atom. The number of carbonyl (C=O) groups excluding carboxylic acids is 3. The average Bonchev–Trinajstić information content (AvgIpc) is 2.80. The third-order valence-electron chi connectivity index (χ3n) is 4.06. The summed E-state index contributed by atoms with van der Waals surface area (Å²) in [6, 6.07) is 3.85. The molecule has 2 amide bonds. The molecule has 0 aromatic heterocycles. The van der Waals surface area contributed by atoms with Crippen LogP contribution in [0, 0.1) is 10.1 Å². The second-order valence-electron chi connectivity index (χ2n) is 5.42. The molecule has 0 radical (unpaired) electrons. The highest BCUT2D eigenvalue weighted by molar-refractivity contribution is 6.52. The molecule has 9 heteroatoms. The fourth-order valence-electron chi connectivity index (χ4n) is 2.75. The van der Waals surface area contributed by atoms with Crippen molar-refractivity contribution in [1.29, 1.82) is 0 Å². The standard InChI is InChI=1S/C14H14N4O5/c19-9-16-5-3-15(4-6-16)8-17-12-2-1-10(18(22)23)7-11(12)13(20)14(17)21/h1-2,7,9H,3-6,8H2. The van der Waals surface area contributed by atoms with Crippen LogP contribution < -0.4 is 4.90 Å². The Balaban J connectivity index is 1.80. The van der Waals surface area contributed by atoms with Crippen LogP contribution in [0.2, 0.25) is 0 Å². The van der Waals surface area contributed by atoms with Crippen molar-refractivity contribution in [3.8, 4) is 0 Å². The molecule has 0 bridgehead atoms. The second kappa shape index (κ2) is 5.76. The van der Waals surface area contributed by atoms with Gasteiger partial charge in [0.25, 0.3) is 11.5 Å². The maximum absolute atomic E-state index is 12.2. The van der Waals surface area contributed by atoms with Crippen LogP contribution in [0.25, 0.3) is 0 Å². The van der Waals surface area contributed by atoms with E-state index in [0.29, 0.717) is 31.9 Å². The van der Waals surface area contributed by atoms with E-state index in [2.05, 4.69) is 0 Å². The molecule has 2 aliphatic heterocycles. The molecule has 0 unspecified atom stereocenters. The van der Waals surface area contributed by atoms with Crippen LogP contribution in [0.1, 0.15) is 10.4 Å². The van der Waals surface area contributed by atoms with Gasteiger partial charge in [-0.2, -0.15) is 0 Å². The van der Waals surface area contributed by atoms with Crippen molar-refractivity contribution in [2.24, 2.45) is 0 Å². The lowest BCUT2D eigenvalue weighted by atomic mass is 10.1. The summed E-state index contributed by atoms with van der Waals surface area (Å²) in [7, 11) is 0. The van der Waals surface area contributed by atoms with Gasteiger partial charge in [-0.25, -0.2) is 0 Å². The first-order chi connectivity index (χ1) is 11.0. The van der Waals surface area contributed by atoms with Crippen LogP contribution in [0.15, 0.2) is 18.2 Å². The molecule has 9 nitrogen and oxygen atoms in total. The number of nitro benzene ring substituents is 1. The van der Waals surface area contributed by atoms with Gasteiger partial charge in [0, 0.05) is 38.3 Å². The summed E-state index contributed by atoms with van der Waals surface area (Å²) in [5.74, 6) is -1.41. The zero-order valence-corrected chi connectivity index (χ0v) is 12.2. The molecular weight excluding hydrogens is 304 g/mol. The molecule has 0 saturated carbocycles. The molecule has 23 heavy (non-hydrogen) atoms. The number of hydrogen-bond donors (Lipinski definition) is 0. The first-order valence-corrected chi connectivity index (χ1v) is 7.07. The van der Waals surface area contributed by atoms with E-state index in [0.717, 1.165) is 12.5 Å². The monoisotopic (exact) mass is 318 g/mol. The number of ketones is 1. The minimum Gasteiger partial charge on any atom is -0.343 e. The van der Waals surface area contributed by atoms with E-state index in [-0.39, 0.29) is 17.9 Å². The fraction of sp³-hybridized carbons (Fsp3) is 0.357. The molecule has 0 aliphatic carbocycles. The molecule has 2 heterocycles. The quantitative estimate of drug-likeness (QED) is 0.331. The predicted molar refractivity (Wildman–Crippen MR) is 79.0 cm³/mol. The number of benzene rings is 1. The number of fused-ring (bicyclic) bond motifs is 1. The van der Waals surface area contributed by atoms with E-state index < -0.39 is 16.6 Å². The Labute approximate surface area is 131 Å². The molecule has 1 saturated heterocycles. The topological polar surface area (TPSA) is 104 Å². The summed E-state index contributed by atoms with van der Waals surface area (Å²) in [5.41, 5.74) is 0.241. The largest absolute Gasteiger partial charge is 0.343 e. The third-order valence-corrected chi connectivity index (χ3v) is 4.06. The summed E-state index contributed by atoms with van der Waals surface area (Å²) in [6.45, 7) is 2.54. The Kier molecular flexibility index (Phi) is 3.78. The third kappa shape index (κ3) is 2.66. The normalized spacial score (nSPS) is 18.3. The van der Waals surface area contributed by atoms with Crippen molar-refractivity contribution in [3.05, 3.63) is 33.9 Å². The summed E-state index contributed by atoms with van der Waals surface area (Å²) >= 11 is 0. The number of anilines is 1. The van der Waals surface area contributed by atoms with Gasteiger partial charge in [-0.15, -0.1) is 0 Å². The Hall–Kier alpha value is -2.81. The van der Waals surface area contributed by atoms with Gasteiger partial charge in [-0.1, -0.05) is 0 Å². The van der Waals surface area contributed by atoms with E-state index in [1.807, 2.05) is 4.90 Å². The number of nitrogens with zero attached hydrogens (tertiary/aromatic N) is 4. The van der Waals surface area contributed by atoms with Gasteiger partial charge in [-0.3, -0.25) is 34.3 Å². The van der Waals surface area contributed by atoms with Crippen molar-refractivity contribution >= 4 is 29.5 Å². The van der Waals surface area contributed by atoms with Crippen molar-refractivity contribution in [2.45, 2.75) is 0 Å². The van der Waals surface area contributed by atoms with Gasteiger partial charge < -0.3 is 4.90 Å². The molecule has 0 atom stereocenters. The number of carbonyl (C=O) groups is 3. The molecule has 1 aromatic rings. The molecule has 0 spiro atoms. The maximum atomic E-state index is 12.2. The van der Waals surface area contributed by atoms with Crippen LogP contribution >= 0.6 is 0 Å². The lowest BCUT2D eigenvalue weighted by Crippen LogP contribution is -2.50. The average molecular weight is 318 g/mol. The summed E-state index contributed by atoms with van der Waals surface area (Å²) < 4.78 is 0. The van der Waals surface area contributed by atoms with Crippen molar-refractivity contribution < 1.29 is 19.3 Å². The number of hydrogen-bond acceptors (Lipinski definition) is 6. The lowest BCUT2D eigenvalue weighted by Gasteiger charge is -2.34. The lowest BCUT2D eigenvalue weighted by molar-refractivity contribution is -0.384. The zero-order chi connectivity index (χ0) is 16.6. The van der Waals surface area contributed by atoms with Crippen LogP contribution in [0.4, 0.5) is 11.4 Å². The van der Waals surface area contributed by atoms with Crippen LogP contribution in [-0.2, 0) is 9.59 Å². The van der Waals surface area contributed by atoms with Gasteiger partial charge >= 0.3 is 5.91 Å². The van der Waals surface area contributed by atoms with Crippen molar-refractivity contribution in [2.75, 3.05) is 37.7 Å². The predicted octanol–water partition coefficient (Wildman–Crippen LogP) is -0.144. The fourth-order valence-corrected chi connectivity index (χ4v) is 2.75. The SMILES string of the molecule is O=CN1CCN(CN2C(=O)C(=O)c3cc([N+](=O)[O-])ccc32)CC1. The highest BCUT2D eigenvalue weighted by atomic mass is 16.6. The highest BCUT2D eigenvalue weighted by Crippen LogP contribution is 2.32. The van der Waals surface area contributed by atoms with Gasteiger partial charge in [0.05, 0.1) is 22.8 Å². The van der Waals surface area contributed by atoms with Crippen molar-refractivity contribution in [1.82, 2.24) is 9.80 Å². The smallest absolute Gasteiger partial charge is 0.300 e. The molecular formula is C14H14N4O5. The van der Waals surface area contributed by atoms with E-state index >= 15 is 0 Å². The van der Waals surface area contributed by atoms with Crippen LogP contribution in [0.5, 0.6) is 0 Å². The number of piperazine rings is 1. The minimum absolute atomic E-state index is 0.0655. The Bertz CT molecular complexity index is 696. The molecule has 2 aliphatic rings. The minimum atomic E-state index is -0.727. The summed E-state index contributed by atoms with van der Waals surface area (Å²) in [4.78, 5) is 50.0. The second-order valence-corrected chi connectivity index (χ2v) is 5.42. The van der Waals surface area contributed by atoms with Crippen LogP contribution in [-0.4, -0.2) is 65.7 Å². The molecule has 0 N–H and O–H groups in total. The number of rotatable bonds is 4. The molecule has 1 fully saturated rings. The molecule has 3 rings (SSSR count). The summed E-state index contributed by atoms with van der Waals surface area (Å²) in [5, 5.41) is 10.8.